The first-order valence-corrected chi connectivity index (χ1v) is 8.91. The highest BCUT2D eigenvalue weighted by Crippen LogP contribution is 2.13. The van der Waals surface area contributed by atoms with E-state index in [1.54, 1.807) is 10.9 Å². The van der Waals surface area contributed by atoms with Crippen molar-refractivity contribution in [3.05, 3.63) is 42.2 Å². The summed E-state index contributed by atoms with van der Waals surface area (Å²) in [7, 11) is 4.12. The Morgan fingerprint density at radius 1 is 1.28 bits per heavy atom. The van der Waals surface area contributed by atoms with Crippen LogP contribution >= 0.6 is 12.2 Å². The lowest BCUT2D eigenvalue weighted by atomic mass is 10.2. The van der Waals surface area contributed by atoms with Gasteiger partial charge in [-0.15, -0.1) is 0 Å². The summed E-state index contributed by atoms with van der Waals surface area (Å²) in [6.07, 6.45) is 5.67. The van der Waals surface area contributed by atoms with E-state index in [4.69, 9.17) is 17.0 Å². The number of hydrogen-bond donors (Lipinski definition) is 2. The Hall–Kier alpha value is -2.12. The molecule has 0 aliphatic heterocycles. The maximum Gasteiger partial charge on any atom is 0.180 e. The number of nitrogens with zero attached hydrogens (tertiary/aromatic N) is 3. The second-order valence-corrected chi connectivity index (χ2v) is 6.49. The molecule has 1 heterocycles. The van der Waals surface area contributed by atoms with Crippen LogP contribution in [0.25, 0.3) is 0 Å². The molecule has 25 heavy (non-hydrogen) atoms. The van der Waals surface area contributed by atoms with Gasteiger partial charge in [-0.3, -0.25) is 0 Å². The van der Waals surface area contributed by atoms with Crippen LogP contribution in [0.4, 0.5) is 5.69 Å². The van der Waals surface area contributed by atoms with Crippen molar-refractivity contribution in [2.75, 3.05) is 32.5 Å². The summed E-state index contributed by atoms with van der Waals surface area (Å²) in [6.45, 7) is 4.37. The Kier molecular flexibility index (Phi) is 7.69. The van der Waals surface area contributed by atoms with E-state index < -0.39 is 0 Å². The third-order valence-electron chi connectivity index (χ3n) is 3.65. The summed E-state index contributed by atoms with van der Waals surface area (Å²) >= 11 is 5.29. The Morgan fingerprint density at radius 3 is 2.72 bits per heavy atom. The number of benzene rings is 1. The Balaban J connectivity index is 1.72. The van der Waals surface area contributed by atoms with Crippen LogP contribution in [0.5, 0.6) is 5.75 Å². The van der Waals surface area contributed by atoms with E-state index in [0.29, 0.717) is 11.8 Å². The molecule has 0 aliphatic carbocycles. The van der Waals surface area contributed by atoms with Crippen molar-refractivity contribution in [3.8, 4) is 5.75 Å². The third kappa shape index (κ3) is 7.11. The highest BCUT2D eigenvalue weighted by atomic mass is 32.1. The molecule has 0 aliphatic rings. The quantitative estimate of drug-likeness (QED) is 0.529. The summed E-state index contributed by atoms with van der Waals surface area (Å²) in [6, 6.07) is 8.11. The molecule has 0 amide bonds. The second-order valence-electron chi connectivity index (χ2n) is 6.08. The average molecular weight is 362 g/mol. The van der Waals surface area contributed by atoms with Crippen molar-refractivity contribution in [1.29, 1.82) is 0 Å². The van der Waals surface area contributed by atoms with Gasteiger partial charge in [0, 0.05) is 6.54 Å². The third-order valence-corrected chi connectivity index (χ3v) is 3.90. The Bertz CT molecular complexity index is 654. The molecule has 2 rings (SSSR count). The summed E-state index contributed by atoms with van der Waals surface area (Å²) < 4.78 is 7.46. The second kappa shape index (κ2) is 10.0. The highest BCUT2D eigenvalue weighted by Gasteiger charge is 2.02. The van der Waals surface area contributed by atoms with Crippen LogP contribution in [0, 0.1) is 0 Å². The van der Waals surface area contributed by atoms with Gasteiger partial charge in [-0.1, -0.05) is 19.1 Å². The zero-order chi connectivity index (χ0) is 18.1. The van der Waals surface area contributed by atoms with Crippen LogP contribution < -0.4 is 15.4 Å². The van der Waals surface area contributed by atoms with Gasteiger partial charge in [0.05, 0.1) is 18.1 Å². The fourth-order valence-electron chi connectivity index (χ4n) is 2.23. The summed E-state index contributed by atoms with van der Waals surface area (Å²) in [5.41, 5.74) is 2.14. The standard InChI is InChI=1S/C18H27N5OS/c1-4-15-6-8-17(9-7-15)24-14-23-13-16(12-20-23)21-18(25)19-10-5-11-22(2)3/h6-9,12-13H,4-5,10-11,14H2,1-3H3,(H2,19,21,25). The van der Waals surface area contributed by atoms with E-state index in [1.807, 2.05) is 18.3 Å². The Morgan fingerprint density at radius 2 is 2.04 bits per heavy atom. The maximum atomic E-state index is 5.73. The molecule has 0 spiro atoms. The largest absolute Gasteiger partial charge is 0.471 e. The highest BCUT2D eigenvalue weighted by molar-refractivity contribution is 7.80. The van der Waals surface area contributed by atoms with Crippen LogP contribution in [0.15, 0.2) is 36.7 Å². The van der Waals surface area contributed by atoms with Crippen LogP contribution in [-0.2, 0) is 13.2 Å². The molecule has 2 aromatic rings. The van der Waals surface area contributed by atoms with E-state index in [9.17, 15) is 0 Å². The molecule has 1 aromatic carbocycles. The molecule has 0 saturated carbocycles. The number of ether oxygens (including phenoxy) is 1. The molecule has 136 valence electrons. The van der Waals surface area contributed by atoms with Gasteiger partial charge in [-0.2, -0.15) is 5.10 Å². The number of hydrogen-bond acceptors (Lipinski definition) is 4. The van der Waals surface area contributed by atoms with Gasteiger partial charge in [-0.25, -0.2) is 4.68 Å². The first-order valence-electron chi connectivity index (χ1n) is 8.50. The van der Waals surface area contributed by atoms with Crippen LogP contribution in [0.2, 0.25) is 0 Å². The minimum absolute atomic E-state index is 0.357. The Labute approximate surface area is 155 Å². The van der Waals surface area contributed by atoms with Gasteiger partial charge in [0.15, 0.2) is 11.8 Å². The predicted molar refractivity (Wildman–Crippen MR) is 106 cm³/mol. The lowest BCUT2D eigenvalue weighted by Gasteiger charge is -2.11. The molecule has 0 unspecified atom stereocenters. The van der Waals surface area contributed by atoms with E-state index in [0.717, 1.165) is 37.4 Å². The molecule has 7 heteroatoms. The first-order chi connectivity index (χ1) is 12.1. The summed E-state index contributed by atoms with van der Waals surface area (Å²) in [4.78, 5) is 2.15. The topological polar surface area (TPSA) is 54.4 Å². The summed E-state index contributed by atoms with van der Waals surface area (Å²) in [5, 5.41) is 11.2. The number of anilines is 1. The molecular formula is C18H27N5OS. The summed E-state index contributed by atoms with van der Waals surface area (Å²) in [5.74, 6) is 0.834. The SMILES string of the molecule is CCc1ccc(OCn2cc(NC(=S)NCCCN(C)C)cn2)cc1. The average Bonchev–Trinajstić information content (AvgIpc) is 3.04. The van der Waals surface area contributed by atoms with Gasteiger partial charge in [0.25, 0.3) is 0 Å². The maximum absolute atomic E-state index is 5.73. The minimum atomic E-state index is 0.357. The fraction of sp³-hybridized carbons (Fsp3) is 0.444. The molecule has 2 N–H and O–H groups in total. The number of thiocarbonyl (C=S) groups is 1. The van der Waals surface area contributed by atoms with E-state index >= 15 is 0 Å². The first kappa shape index (κ1) is 19.2. The van der Waals surface area contributed by atoms with Crippen LogP contribution in [0.1, 0.15) is 18.9 Å². The minimum Gasteiger partial charge on any atom is -0.471 e. The predicted octanol–water partition coefficient (Wildman–Crippen LogP) is 2.72. The van der Waals surface area contributed by atoms with Gasteiger partial charge < -0.3 is 20.3 Å². The smallest absolute Gasteiger partial charge is 0.180 e. The number of rotatable bonds is 9. The molecule has 1 aromatic heterocycles. The van der Waals surface area contributed by atoms with Gasteiger partial charge in [0.1, 0.15) is 5.75 Å². The zero-order valence-electron chi connectivity index (χ0n) is 15.2. The molecule has 6 nitrogen and oxygen atoms in total. The normalized spacial score (nSPS) is 10.7. The van der Waals surface area contributed by atoms with Crippen molar-refractivity contribution in [2.24, 2.45) is 0 Å². The van der Waals surface area contributed by atoms with Crippen molar-refractivity contribution in [1.82, 2.24) is 20.0 Å². The molecule has 0 fully saturated rings. The number of aryl methyl sites for hydroxylation is 1. The monoisotopic (exact) mass is 361 g/mol. The molecule has 0 radical (unpaired) electrons. The number of aromatic nitrogens is 2. The fourth-order valence-corrected chi connectivity index (χ4v) is 2.45. The number of nitrogens with one attached hydrogen (secondary N) is 2. The molecule has 0 atom stereocenters. The molecular weight excluding hydrogens is 334 g/mol. The van der Waals surface area contributed by atoms with Crippen molar-refractivity contribution in [2.45, 2.75) is 26.5 Å². The lowest BCUT2D eigenvalue weighted by molar-refractivity contribution is 0.221. The van der Waals surface area contributed by atoms with Crippen molar-refractivity contribution < 1.29 is 4.74 Å². The molecule has 0 saturated heterocycles. The van der Waals surface area contributed by atoms with Gasteiger partial charge in [-0.05, 0) is 63.4 Å². The van der Waals surface area contributed by atoms with Gasteiger partial charge in [0.2, 0.25) is 0 Å². The van der Waals surface area contributed by atoms with Crippen molar-refractivity contribution >= 4 is 23.0 Å². The lowest BCUT2D eigenvalue weighted by Crippen LogP contribution is -2.30. The van der Waals surface area contributed by atoms with Crippen molar-refractivity contribution in [3.63, 3.8) is 0 Å². The van der Waals surface area contributed by atoms with E-state index in [-0.39, 0.29) is 0 Å². The zero-order valence-corrected chi connectivity index (χ0v) is 16.0. The van der Waals surface area contributed by atoms with E-state index in [2.05, 4.69) is 53.8 Å². The van der Waals surface area contributed by atoms with Crippen LogP contribution in [-0.4, -0.2) is 47.0 Å². The van der Waals surface area contributed by atoms with Gasteiger partial charge >= 0.3 is 0 Å². The van der Waals surface area contributed by atoms with Crippen LogP contribution in [0.3, 0.4) is 0 Å². The molecule has 0 bridgehead atoms. The van der Waals surface area contributed by atoms with E-state index in [1.165, 1.54) is 5.56 Å².